The van der Waals surface area contributed by atoms with Gasteiger partial charge < -0.3 is 0 Å². The van der Waals surface area contributed by atoms with Crippen LogP contribution >= 0.6 is 11.3 Å². The predicted molar refractivity (Wildman–Crippen MR) is 68.4 cm³/mol. The molecule has 1 aromatic heterocycles. The molecule has 19 heavy (non-hydrogen) atoms. The quantitative estimate of drug-likeness (QED) is 0.751. The molecule has 0 saturated carbocycles. The molecule has 0 fully saturated rings. The highest BCUT2D eigenvalue weighted by Crippen LogP contribution is 2.29. The number of carbonyl (C=O) groups excluding carboxylic acids is 1. The van der Waals surface area contributed by atoms with Crippen molar-refractivity contribution >= 4 is 17.1 Å². The third-order valence-electron chi connectivity index (χ3n) is 2.76. The summed E-state index contributed by atoms with van der Waals surface area (Å²) in [6.07, 6.45) is -3.44. The van der Waals surface area contributed by atoms with Crippen molar-refractivity contribution in [3.05, 3.63) is 57.8 Å². The van der Waals surface area contributed by atoms with Gasteiger partial charge in [-0.25, -0.2) is 0 Å². The number of thiophene rings is 1. The van der Waals surface area contributed by atoms with Crippen molar-refractivity contribution in [1.29, 1.82) is 0 Å². The lowest BCUT2D eigenvalue weighted by molar-refractivity contribution is -0.137. The minimum absolute atomic E-state index is 0.139. The maximum Gasteiger partial charge on any atom is 0.416 e. The van der Waals surface area contributed by atoms with Crippen LogP contribution in [0, 0.1) is 0 Å². The van der Waals surface area contributed by atoms with Gasteiger partial charge in [0.15, 0.2) is 5.78 Å². The van der Waals surface area contributed by atoms with Crippen molar-refractivity contribution in [1.82, 2.24) is 0 Å². The van der Waals surface area contributed by atoms with E-state index in [2.05, 4.69) is 0 Å². The van der Waals surface area contributed by atoms with Crippen LogP contribution in [0.3, 0.4) is 0 Å². The molecule has 2 rings (SSSR count). The van der Waals surface area contributed by atoms with E-state index in [-0.39, 0.29) is 5.78 Å². The molecule has 0 amide bonds. The first-order valence-electron chi connectivity index (χ1n) is 5.68. The lowest BCUT2D eigenvalue weighted by Gasteiger charge is -2.07. The summed E-state index contributed by atoms with van der Waals surface area (Å²) >= 11 is 1.56. The molecule has 0 N–H and O–H groups in total. The summed E-state index contributed by atoms with van der Waals surface area (Å²) in [6.45, 7) is 0. The minimum atomic E-state index is -4.36. The van der Waals surface area contributed by atoms with Crippen molar-refractivity contribution < 1.29 is 18.0 Å². The number of halogens is 3. The van der Waals surface area contributed by atoms with Crippen LogP contribution in [0.15, 0.2) is 41.1 Å². The first-order valence-corrected chi connectivity index (χ1v) is 6.62. The fraction of sp³-hybridized carbons (Fsp3) is 0.214. The van der Waals surface area contributed by atoms with Gasteiger partial charge in [0.25, 0.3) is 0 Å². The van der Waals surface area contributed by atoms with E-state index < -0.39 is 11.7 Å². The monoisotopic (exact) mass is 284 g/mol. The first-order chi connectivity index (χ1) is 8.97. The van der Waals surface area contributed by atoms with Gasteiger partial charge in [-0.05, 0) is 40.9 Å². The van der Waals surface area contributed by atoms with Gasteiger partial charge in [-0.15, -0.1) is 0 Å². The molecule has 0 aliphatic carbocycles. The van der Waals surface area contributed by atoms with Gasteiger partial charge in [-0.2, -0.15) is 24.5 Å². The average molecular weight is 284 g/mol. The zero-order valence-corrected chi connectivity index (χ0v) is 10.7. The second-order valence-corrected chi connectivity index (χ2v) is 4.91. The van der Waals surface area contributed by atoms with Gasteiger partial charge in [-0.3, -0.25) is 4.79 Å². The molecule has 0 spiro atoms. The zero-order valence-electron chi connectivity index (χ0n) is 9.91. The van der Waals surface area contributed by atoms with Gasteiger partial charge in [0.05, 0.1) is 5.56 Å². The molecule has 0 unspecified atom stereocenters. The van der Waals surface area contributed by atoms with Crippen molar-refractivity contribution in [3.8, 4) is 0 Å². The third-order valence-corrected chi connectivity index (χ3v) is 3.49. The van der Waals surface area contributed by atoms with E-state index in [1.54, 1.807) is 11.3 Å². The highest BCUT2D eigenvalue weighted by atomic mass is 32.1. The van der Waals surface area contributed by atoms with Gasteiger partial charge in [0.1, 0.15) is 0 Å². The SMILES string of the molecule is O=C(CCc1ccsc1)c1ccc(C(F)(F)F)cc1. The molecule has 100 valence electrons. The Morgan fingerprint density at radius 2 is 1.79 bits per heavy atom. The molecule has 0 atom stereocenters. The summed E-state index contributed by atoms with van der Waals surface area (Å²) in [6, 6.07) is 6.29. The number of ketones is 1. The van der Waals surface area contributed by atoms with Gasteiger partial charge in [0, 0.05) is 12.0 Å². The van der Waals surface area contributed by atoms with E-state index in [1.165, 1.54) is 12.1 Å². The second-order valence-electron chi connectivity index (χ2n) is 4.13. The number of hydrogen-bond donors (Lipinski definition) is 0. The van der Waals surface area contributed by atoms with Crippen molar-refractivity contribution in [2.75, 3.05) is 0 Å². The lowest BCUT2D eigenvalue weighted by Crippen LogP contribution is -2.06. The zero-order chi connectivity index (χ0) is 13.9. The maximum absolute atomic E-state index is 12.4. The van der Waals surface area contributed by atoms with Crippen LogP contribution in [0.5, 0.6) is 0 Å². The summed E-state index contributed by atoms with van der Waals surface area (Å²) in [5.74, 6) is -0.139. The minimum Gasteiger partial charge on any atom is -0.294 e. The van der Waals surface area contributed by atoms with Crippen LogP contribution in [-0.4, -0.2) is 5.78 Å². The van der Waals surface area contributed by atoms with E-state index >= 15 is 0 Å². The largest absolute Gasteiger partial charge is 0.416 e. The fourth-order valence-corrected chi connectivity index (χ4v) is 2.39. The molecule has 0 radical (unpaired) electrons. The second kappa shape index (κ2) is 5.57. The molecule has 0 aliphatic rings. The topological polar surface area (TPSA) is 17.1 Å². The molecular formula is C14H11F3OS. The number of rotatable bonds is 4. The third kappa shape index (κ3) is 3.67. The Kier molecular flexibility index (Phi) is 4.04. The molecule has 2 aromatic rings. The standard InChI is InChI=1S/C14H11F3OS/c15-14(16,17)12-4-2-11(3-5-12)13(18)6-1-10-7-8-19-9-10/h2-5,7-9H,1,6H2. The molecule has 0 aliphatic heterocycles. The first kappa shape index (κ1) is 13.8. The Labute approximate surface area is 112 Å². The lowest BCUT2D eigenvalue weighted by atomic mass is 10.0. The van der Waals surface area contributed by atoms with E-state index in [4.69, 9.17) is 0 Å². The Hall–Kier alpha value is -1.62. The van der Waals surface area contributed by atoms with Crippen molar-refractivity contribution in [3.63, 3.8) is 0 Å². The van der Waals surface area contributed by atoms with E-state index in [9.17, 15) is 18.0 Å². The maximum atomic E-state index is 12.4. The molecular weight excluding hydrogens is 273 g/mol. The Bertz CT molecular complexity index is 541. The molecule has 0 saturated heterocycles. The van der Waals surface area contributed by atoms with Crippen LogP contribution in [0.2, 0.25) is 0 Å². The summed E-state index contributed by atoms with van der Waals surface area (Å²) in [5.41, 5.74) is 0.662. The fourth-order valence-electron chi connectivity index (χ4n) is 1.68. The van der Waals surface area contributed by atoms with Crippen LogP contribution in [0.25, 0.3) is 0 Å². The van der Waals surface area contributed by atoms with Crippen molar-refractivity contribution in [2.45, 2.75) is 19.0 Å². The highest BCUT2D eigenvalue weighted by molar-refractivity contribution is 7.07. The highest BCUT2D eigenvalue weighted by Gasteiger charge is 2.30. The number of benzene rings is 1. The summed E-state index contributed by atoms with van der Waals surface area (Å²) in [5, 5.41) is 3.89. The van der Waals surface area contributed by atoms with Crippen molar-refractivity contribution in [2.24, 2.45) is 0 Å². The van der Waals surface area contributed by atoms with E-state index in [0.29, 0.717) is 18.4 Å². The predicted octanol–water partition coefficient (Wildman–Crippen LogP) is 4.58. The Morgan fingerprint density at radius 1 is 1.11 bits per heavy atom. The van der Waals surface area contributed by atoms with Gasteiger partial charge in [0.2, 0.25) is 0 Å². The smallest absolute Gasteiger partial charge is 0.294 e. The van der Waals surface area contributed by atoms with Crippen LogP contribution in [0.1, 0.15) is 27.9 Å². The molecule has 1 nitrogen and oxygen atoms in total. The molecule has 0 bridgehead atoms. The van der Waals surface area contributed by atoms with Gasteiger partial charge in [-0.1, -0.05) is 12.1 Å². The number of aryl methyl sites for hydroxylation is 1. The van der Waals surface area contributed by atoms with Gasteiger partial charge >= 0.3 is 6.18 Å². The van der Waals surface area contributed by atoms with Crippen LogP contribution in [0.4, 0.5) is 13.2 Å². The van der Waals surface area contributed by atoms with Crippen LogP contribution in [-0.2, 0) is 12.6 Å². The average Bonchev–Trinajstić information content (AvgIpc) is 2.88. The Balaban J connectivity index is 2.00. The number of alkyl halides is 3. The van der Waals surface area contributed by atoms with E-state index in [0.717, 1.165) is 17.7 Å². The molecule has 1 heterocycles. The summed E-state index contributed by atoms with van der Waals surface area (Å²) in [4.78, 5) is 11.8. The number of carbonyl (C=O) groups is 1. The number of hydrogen-bond acceptors (Lipinski definition) is 2. The molecule has 1 aromatic carbocycles. The number of Topliss-reactive ketones (excluding diaryl/α,β-unsaturated/α-hetero) is 1. The Morgan fingerprint density at radius 3 is 2.32 bits per heavy atom. The normalized spacial score (nSPS) is 11.5. The molecule has 5 heteroatoms. The summed E-state index contributed by atoms with van der Waals surface area (Å²) in [7, 11) is 0. The summed E-state index contributed by atoms with van der Waals surface area (Å²) < 4.78 is 37.1. The van der Waals surface area contributed by atoms with Crippen LogP contribution < -0.4 is 0 Å². The van der Waals surface area contributed by atoms with E-state index in [1.807, 2.05) is 16.8 Å².